The molecule has 0 aromatic carbocycles. The number of amides is 1. The molecule has 0 unspecified atom stereocenters. The van der Waals surface area contributed by atoms with Gasteiger partial charge in [0.05, 0.1) is 12.1 Å². The highest BCUT2D eigenvalue weighted by atomic mass is 16.2. The zero-order valence-corrected chi connectivity index (χ0v) is 9.45. The Labute approximate surface area is 95.4 Å². The van der Waals surface area contributed by atoms with E-state index in [1.165, 1.54) is 0 Å². The second-order valence-electron chi connectivity index (χ2n) is 5.15. The van der Waals surface area contributed by atoms with Gasteiger partial charge in [-0.1, -0.05) is 0 Å². The van der Waals surface area contributed by atoms with Crippen molar-refractivity contribution in [1.82, 2.24) is 10.2 Å². The summed E-state index contributed by atoms with van der Waals surface area (Å²) in [6, 6.07) is 0.223. The molecule has 0 aromatic rings. The fourth-order valence-corrected chi connectivity index (χ4v) is 3.37. The van der Waals surface area contributed by atoms with Crippen molar-refractivity contribution >= 4 is 11.7 Å². The number of fused-ring (bicyclic) bond motifs is 1. The molecule has 1 amide bonds. The molecule has 3 heterocycles. The highest BCUT2D eigenvalue weighted by Crippen LogP contribution is 2.34. The Kier molecular flexibility index (Phi) is 2.46. The Morgan fingerprint density at radius 1 is 1.12 bits per heavy atom. The molecule has 0 saturated carbocycles. The van der Waals surface area contributed by atoms with E-state index in [0.717, 1.165) is 38.6 Å². The number of piperidine rings is 1. The summed E-state index contributed by atoms with van der Waals surface area (Å²) in [7, 11) is 0. The van der Waals surface area contributed by atoms with E-state index in [1.807, 2.05) is 4.90 Å². The SMILES string of the molecule is O=C1CCCN[C@H]2CC[C@H]3CC[C@@H]1N3C2=O. The average molecular weight is 222 g/mol. The largest absolute Gasteiger partial charge is 0.328 e. The summed E-state index contributed by atoms with van der Waals surface area (Å²) in [6.45, 7) is 0.799. The van der Waals surface area contributed by atoms with Crippen LogP contribution in [0.1, 0.15) is 38.5 Å². The van der Waals surface area contributed by atoms with Gasteiger partial charge >= 0.3 is 0 Å². The standard InChI is InChI=1S/C12H18N2O2/c15-11-2-1-7-13-9-5-3-8-4-6-10(11)14(8)12(9)16/h8-10,13H,1-7H2/t8-,9-,10-/m0/s1. The summed E-state index contributed by atoms with van der Waals surface area (Å²) < 4.78 is 0. The van der Waals surface area contributed by atoms with E-state index in [0.29, 0.717) is 12.5 Å². The number of hydrogen-bond donors (Lipinski definition) is 1. The highest BCUT2D eigenvalue weighted by molar-refractivity contribution is 5.92. The number of carbonyl (C=O) groups is 2. The third-order valence-electron chi connectivity index (χ3n) is 4.21. The number of rotatable bonds is 0. The molecular formula is C12H18N2O2. The van der Waals surface area contributed by atoms with E-state index in [4.69, 9.17) is 0 Å². The molecular weight excluding hydrogens is 204 g/mol. The minimum Gasteiger partial charge on any atom is -0.328 e. The topological polar surface area (TPSA) is 49.4 Å². The quantitative estimate of drug-likeness (QED) is 0.648. The Bertz CT molecular complexity index is 329. The molecule has 1 N–H and O–H groups in total. The molecule has 3 fully saturated rings. The second-order valence-corrected chi connectivity index (χ2v) is 5.15. The normalized spacial score (nSPS) is 39.2. The molecule has 4 nitrogen and oxygen atoms in total. The van der Waals surface area contributed by atoms with Gasteiger partial charge in [0, 0.05) is 12.5 Å². The van der Waals surface area contributed by atoms with Crippen molar-refractivity contribution in [2.75, 3.05) is 6.54 Å². The van der Waals surface area contributed by atoms with Crippen LogP contribution in [0.2, 0.25) is 0 Å². The van der Waals surface area contributed by atoms with Gasteiger partial charge in [-0.25, -0.2) is 0 Å². The molecule has 3 rings (SSSR count). The fourth-order valence-electron chi connectivity index (χ4n) is 3.37. The maximum Gasteiger partial charge on any atom is 0.240 e. The monoisotopic (exact) mass is 222 g/mol. The van der Waals surface area contributed by atoms with Crippen molar-refractivity contribution in [2.24, 2.45) is 0 Å². The molecule has 2 bridgehead atoms. The second kappa shape index (κ2) is 3.84. The molecule has 0 aliphatic carbocycles. The van der Waals surface area contributed by atoms with Crippen LogP contribution in [0.3, 0.4) is 0 Å². The maximum absolute atomic E-state index is 12.3. The number of Topliss-reactive ketones (excluding diaryl/α,β-unsaturated/α-hetero) is 1. The van der Waals surface area contributed by atoms with E-state index in [1.54, 1.807) is 0 Å². The van der Waals surface area contributed by atoms with Gasteiger partial charge in [0.15, 0.2) is 5.78 Å². The van der Waals surface area contributed by atoms with Crippen molar-refractivity contribution in [3.63, 3.8) is 0 Å². The van der Waals surface area contributed by atoms with Crippen LogP contribution in [0.4, 0.5) is 0 Å². The van der Waals surface area contributed by atoms with Crippen LogP contribution in [-0.4, -0.2) is 41.3 Å². The van der Waals surface area contributed by atoms with Crippen molar-refractivity contribution in [2.45, 2.75) is 56.7 Å². The Morgan fingerprint density at radius 2 is 1.94 bits per heavy atom. The van der Waals surface area contributed by atoms with Crippen molar-refractivity contribution in [1.29, 1.82) is 0 Å². The van der Waals surface area contributed by atoms with Crippen molar-refractivity contribution in [3.05, 3.63) is 0 Å². The number of hydrogen-bond acceptors (Lipinski definition) is 3. The summed E-state index contributed by atoms with van der Waals surface area (Å²) >= 11 is 0. The van der Waals surface area contributed by atoms with Gasteiger partial charge in [-0.3, -0.25) is 9.59 Å². The van der Waals surface area contributed by atoms with Crippen LogP contribution in [0.25, 0.3) is 0 Å². The van der Waals surface area contributed by atoms with E-state index in [2.05, 4.69) is 5.32 Å². The fraction of sp³-hybridized carbons (Fsp3) is 0.833. The summed E-state index contributed by atoms with van der Waals surface area (Å²) in [6.07, 6.45) is 5.42. The first-order chi connectivity index (χ1) is 7.77. The molecule has 0 radical (unpaired) electrons. The molecule has 16 heavy (non-hydrogen) atoms. The summed E-state index contributed by atoms with van der Waals surface area (Å²) in [5.41, 5.74) is 0. The van der Waals surface area contributed by atoms with E-state index >= 15 is 0 Å². The lowest BCUT2D eigenvalue weighted by molar-refractivity contribution is -0.143. The van der Waals surface area contributed by atoms with Gasteiger partial charge in [-0.05, 0) is 38.6 Å². The number of nitrogens with zero attached hydrogens (tertiary/aromatic N) is 1. The van der Waals surface area contributed by atoms with E-state index in [9.17, 15) is 9.59 Å². The first-order valence-corrected chi connectivity index (χ1v) is 6.35. The van der Waals surface area contributed by atoms with Crippen LogP contribution in [0.15, 0.2) is 0 Å². The first kappa shape index (κ1) is 10.3. The van der Waals surface area contributed by atoms with Gasteiger partial charge in [-0.2, -0.15) is 0 Å². The molecule has 3 atom stereocenters. The molecule has 4 heteroatoms. The lowest BCUT2D eigenvalue weighted by Crippen LogP contribution is -2.55. The van der Waals surface area contributed by atoms with Crippen LogP contribution < -0.4 is 5.32 Å². The Balaban J connectivity index is 1.92. The summed E-state index contributed by atoms with van der Waals surface area (Å²) in [4.78, 5) is 26.1. The highest BCUT2D eigenvalue weighted by Gasteiger charge is 2.45. The molecule has 3 saturated heterocycles. The number of carbonyl (C=O) groups excluding carboxylic acids is 2. The molecule has 0 aromatic heterocycles. The lowest BCUT2D eigenvalue weighted by Gasteiger charge is -2.37. The zero-order valence-electron chi connectivity index (χ0n) is 9.45. The summed E-state index contributed by atoms with van der Waals surface area (Å²) in [5, 5.41) is 3.29. The first-order valence-electron chi connectivity index (χ1n) is 6.35. The van der Waals surface area contributed by atoms with Crippen molar-refractivity contribution < 1.29 is 9.59 Å². The third kappa shape index (κ3) is 1.47. The van der Waals surface area contributed by atoms with Crippen LogP contribution >= 0.6 is 0 Å². The molecule has 88 valence electrons. The van der Waals surface area contributed by atoms with E-state index in [-0.39, 0.29) is 23.8 Å². The third-order valence-corrected chi connectivity index (χ3v) is 4.21. The Morgan fingerprint density at radius 3 is 2.81 bits per heavy atom. The minimum atomic E-state index is -0.0970. The number of ketones is 1. The predicted octanol–water partition coefficient (Wildman–Crippen LogP) is 0.461. The summed E-state index contributed by atoms with van der Waals surface area (Å²) in [5.74, 6) is 0.453. The lowest BCUT2D eigenvalue weighted by atomic mass is 9.98. The van der Waals surface area contributed by atoms with Gasteiger partial charge in [0.1, 0.15) is 0 Å². The van der Waals surface area contributed by atoms with Crippen LogP contribution in [0, 0.1) is 0 Å². The molecule has 0 spiro atoms. The van der Waals surface area contributed by atoms with Gasteiger partial charge in [0.25, 0.3) is 0 Å². The van der Waals surface area contributed by atoms with Crippen LogP contribution in [-0.2, 0) is 9.59 Å². The molecule has 3 aliphatic heterocycles. The predicted molar refractivity (Wildman–Crippen MR) is 58.9 cm³/mol. The number of nitrogens with one attached hydrogen (secondary N) is 1. The molecule has 3 aliphatic rings. The Hall–Kier alpha value is -0.900. The van der Waals surface area contributed by atoms with Crippen molar-refractivity contribution in [3.8, 4) is 0 Å². The maximum atomic E-state index is 12.3. The van der Waals surface area contributed by atoms with Gasteiger partial charge in [0.2, 0.25) is 5.91 Å². The smallest absolute Gasteiger partial charge is 0.240 e. The van der Waals surface area contributed by atoms with Gasteiger partial charge in [-0.15, -0.1) is 0 Å². The zero-order chi connectivity index (χ0) is 11.1. The van der Waals surface area contributed by atoms with Gasteiger partial charge < -0.3 is 10.2 Å². The average Bonchev–Trinajstić information content (AvgIpc) is 2.70. The minimum absolute atomic E-state index is 0.0252. The van der Waals surface area contributed by atoms with E-state index < -0.39 is 0 Å². The van der Waals surface area contributed by atoms with Crippen LogP contribution in [0.5, 0.6) is 0 Å².